The normalized spacial score (nSPS) is 11.3. The molecule has 0 aliphatic carbocycles. The fourth-order valence-electron chi connectivity index (χ4n) is 1.93. The van der Waals surface area contributed by atoms with Gasteiger partial charge in [0.05, 0.1) is 0 Å². The van der Waals surface area contributed by atoms with Crippen molar-refractivity contribution in [2.75, 3.05) is 19.4 Å². The number of amides is 1. The summed E-state index contributed by atoms with van der Waals surface area (Å²) in [7, 11) is 3.69. The molecule has 1 amide bonds. The maximum absolute atomic E-state index is 12.6. The Morgan fingerprint density at radius 1 is 1.35 bits per heavy atom. The molecule has 1 N–H and O–H groups in total. The van der Waals surface area contributed by atoms with E-state index in [4.69, 9.17) is 0 Å². The predicted molar refractivity (Wildman–Crippen MR) is 84.2 cm³/mol. The van der Waals surface area contributed by atoms with Crippen LogP contribution in [0.4, 0.5) is 5.82 Å². The number of aromatic nitrogens is 1. The molecule has 0 spiro atoms. The Bertz CT molecular complexity index is 469. The van der Waals surface area contributed by atoms with Crippen LogP contribution in [0.3, 0.4) is 0 Å². The van der Waals surface area contributed by atoms with Crippen molar-refractivity contribution < 1.29 is 4.79 Å². The Hall–Kier alpha value is -1.58. The van der Waals surface area contributed by atoms with Crippen LogP contribution in [0.5, 0.6) is 0 Å². The van der Waals surface area contributed by atoms with E-state index in [-0.39, 0.29) is 11.4 Å². The zero-order valence-electron chi connectivity index (χ0n) is 13.6. The quantitative estimate of drug-likeness (QED) is 0.867. The van der Waals surface area contributed by atoms with Crippen LogP contribution in [-0.4, -0.2) is 35.4 Å². The lowest BCUT2D eigenvalue weighted by Gasteiger charge is -2.35. The summed E-state index contributed by atoms with van der Waals surface area (Å²) in [6.07, 6.45) is 2.82. The number of hydrogen-bond acceptors (Lipinski definition) is 3. The summed E-state index contributed by atoms with van der Waals surface area (Å²) in [6, 6.07) is 3.73. The third kappa shape index (κ3) is 3.71. The molecular formula is C16H27N3O. The van der Waals surface area contributed by atoms with Gasteiger partial charge in [-0.2, -0.15) is 0 Å². The Kier molecular flexibility index (Phi) is 5.54. The first-order valence-corrected chi connectivity index (χ1v) is 7.32. The first-order valence-electron chi connectivity index (χ1n) is 7.32. The monoisotopic (exact) mass is 277 g/mol. The average Bonchev–Trinajstić information content (AvgIpc) is 2.45. The molecule has 0 saturated carbocycles. The summed E-state index contributed by atoms with van der Waals surface area (Å²) in [5.74, 6) is 0.801. The number of aryl methyl sites for hydroxylation is 1. The standard InChI is InChI=1S/C16H27N3O/c1-7-9-13-10-12(11-14(17-5)18-13)15(20)19(6)16(3,4)8-2/h10-11H,7-9H2,1-6H3,(H,17,18). The smallest absolute Gasteiger partial charge is 0.254 e. The lowest BCUT2D eigenvalue weighted by molar-refractivity contribution is 0.0620. The minimum Gasteiger partial charge on any atom is -0.373 e. The van der Waals surface area contributed by atoms with Gasteiger partial charge in [-0.05, 0) is 38.8 Å². The predicted octanol–water partition coefficient (Wildman–Crippen LogP) is 3.34. The summed E-state index contributed by atoms with van der Waals surface area (Å²) < 4.78 is 0. The minimum atomic E-state index is -0.148. The van der Waals surface area contributed by atoms with Gasteiger partial charge in [0, 0.05) is 30.9 Å². The van der Waals surface area contributed by atoms with E-state index in [0.717, 1.165) is 30.8 Å². The number of pyridine rings is 1. The molecule has 0 aromatic carbocycles. The summed E-state index contributed by atoms with van der Waals surface area (Å²) in [4.78, 5) is 18.9. The third-order valence-electron chi connectivity index (χ3n) is 3.97. The second-order valence-electron chi connectivity index (χ2n) is 5.76. The highest BCUT2D eigenvalue weighted by Crippen LogP contribution is 2.21. The number of rotatable bonds is 6. The Morgan fingerprint density at radius 2 is 2.00 bits per heavy atom. The maximum Gasteiger partial charge on any atom is 0.254 e. The van der Waals surface area contributed by atoms with Gasteiger partial charge in [0.25, 0.3) is 5.91 Å². The highest BCUT2D eigenvalue weighted by Gasteiger charge is 2.26. The molecule has 0 radical (unpaired) electrons. The molecule has 1 aromatic heterocycles. The van der Waals surface area contributed by atoms with Crippen molar-refractivity contribution in [3.8, 4) is 0 Å². The topological polar surface area (TPSA) is 45.2 Å². The zero-order chi connectivity index (χ0) is 15.3. The van der Waals surface area contributed by atoms with Crippen LogP contribution in [0, 0.1) is 0 Å². The summed E-state index contributed by atoms with van der Waals surface area (Å²) in [5.41, 5.74) is 1.52. The van der Waals surface area contributed by atoms with Crippen molar-refractivity contribution >= 4 is 11.7 Å². The van der Waals surface area contributed by atoms with E-state index in [1.807, 2.05) is 31.1 Å². The number of anilines is 1. The fraction of sp³-hybridized carbons (Fsp3) is 0.625. The molecule has 0 aliphatic heterocycles. The molecular weight excluding hydrogens is 250 g/mol. The van der Waals surface area contributed by atoms with Gasteiger partial charge in [0.15, 0.2) is 0 Å². The Morgan fingerprint density at radius 3 is 2.50 bits per heavy atom. The first-order chi connectivity index (χ1) is 9.35. The van der Waals surface area contributed by atoms with Crippen molar-refractivity contribution in [1.29, 1.82) is 0 Å². The Balaban J connectivity index is 3.11. The molecule has 0 saturated heterocycles. The molecule has 112 valence electrons. The molecule has 0 fully saturated rings. The first kappa shape index (κ1) is 16.5. The van der Waals surface area contributed by atoms with Gasteiger partial charge >= 0.3 is 0 Å². The highest BCUT2D eigenvalue weighted by molar-refractivity contribution is 5.95. The molecule has 0 atom stereocenters. The molecule has 0 aliphatic rings. The van der Waals surface area contributed by atoms with Crippen LogP contribution in [-0.2, 0) is 6.42 Å². The lowest BCUT2D eigenvalue weighted by Crippen LogP contribution is -2.44. The van der Waals surface area contributed by atoms with E-state index >= 15 is 0 Å². The van der Waals surface area contributed by atoms with E-state index in [0.29, 0.717) is 5.56 Å². The molecule has 4 heteroatoms. The highest BCUT2D eigenvalue weighted by atomic mass is 16.2. The summed E-state index contributed by atoms with van der Waals surface area (Å²) in [5, 5.41) is 3.03. The van der Waals surface area contributed by atoms with Gasteiger partial charge in [-0.25, -0.2) is 4.98 Å². The van der Waals surface area contributed by atoms with E-state index in [9.17, 15) is 4.79 Å². The molecule has 1 heterocycles. The van der Waals surface area contributed by atoms with Crippen LogP contribution in [0.15, 0.2) is 12.1 Å². The van der Waals surface area contributed by atoms with E-state index in [1.54, 1.807) is 0 Å². The zero-order valence-corrected chi connectivity index (χ0v) is 13.6. The van der Waals surface area contributed by atoms with Gasteiger partial charge in [0.2, 0.25) is 0 Å². The maximum atomic E-state index is 12.6. The summed E-state index contributed by atoms with van der Waals surface area (Å²) >= 11 is 0. The fourth-order valence-corrected chi connectivity index (χ4v) is 1.93. The van der Waals surface area contributed by atoms with E-state index in [1.165, 1.54) is 0 Å². The van der Waals surface area contributed by atoms with Gasteiger partial charge < -0.3 is 10.2 Å². The number of carbonyl (C=O) groups is 1. The molecule has 1 aromatic rings. The number of nitrogens with one attached hydrogen (secondary N) is 1. The lowest BCUT2D eigenvalue weighted by atomic mass is 9.98. The second kappa shape index (κ2) is 6.73. The van der Waals surface area contributed by atoms with E-state index in [2.05, 4.69) is 38.0 Å². The van der Waals surface area contributed by atoms with Crippen molar-refractivity contribution in [2.45, 2.75) is 52.5 Å². The van der Waals surface area contributed by atoms with Crippen LogP contribution in [0.2, 0.25) is 0 Å². The molecule has 4 nitrogen and oxygen atoms in total. The van der Waals surface area contributed by atoms with Crippen molar-refractivity contribution in [1.82, 2.24) is 9.88 Å². The van der Waals surface area contributed by atoms with Crippen molar-refractivity contribution in [3.05, 3.63) is 23.4 Å². The van der Waals surface area contributed by atoms with Crippen LogP contribution in [0.1, 0.15) is 56.6 Å². The summed E-state index contributed by atoms with van der Waals surface area (Å²) in [6.45, 7) is 8.37. The van der Waals surface area contributed by atoms with Crippen molar-refractivity contribution in [2.24, 2.45) is 0 Å². The third-order valence-corrected chi connectivity index (χ3v) is 3.97. The Labute approximate surface area is 122 Å². The molecule has 0 unspecified atom stereocenters. The largest absolute Gasteiger partial charge is 0.373 e. The average molecular weight is 277 g/mol. The van der Waals surface area contributed by atoms with Crippen LogP contribution >= 0.6 is 0 Å². The SMILES string of the molecule is CCCc1cc(C(=O)N(C)C(C)(C)CC)cc(NC)n1. The van der Waals surface area contributed by atoms with Crippen LogP contribution < -0.4 is 5.32 Å². The number of carbonyl (C=O) groups excluding carboxylic acids is 1. The molecule has 0 bridgehead atoms. The van der Waals surface area contributed by atoms with Crippen LogP contribution in [0.25, 0.3) is 0 Å². The molecule has 1 rings (SSSR count). The number of nitrogens with zero attached hydrogens (tertiary/aromatic N) is 2. The van der Waals surface area contributed by atoms with Gasteiger partial charge in [-0.15, -0.1) is 0 Å². The number of hydrogen-bond donors (Lipinski definition) is 1. The molecule has 20 heavy (non-hydrogen) atoms. The van der Waals surface area contributed by atoms with Gasteiger partial charge in [-0.1, -0.05) is 20.3 Å². The van der Waals surface area contributed by atoms with Crippen molar-refractivity contribution in [3.63, 3.8) is 0 Å². The minimum absolute atomic E-state index is 0.0492. The van der Waals surface area contributed by atoms with Gasteiger partial charge in [0.1, 0.15) is 5.82 Å². The van der Waals surface area contributed by atoms with Gasteiger partial charge in [-0.3, -0.25) is 4.79 Å². The second-order valence-corrected chi connectivity index (χ2v) is 5.76. The van der Waals surface area contributed by atoms with E-state index < -0.39 is 0 Å².